The highest BCUT2D eigenvalue weighted by atomic mass is 35.5. The highest BCUT2D eigenvalue weighted by Gasteiger charge is 2.29. The van der Waals surface area contributed by atoms with Crippen LogP contribution in [0.25, 0.3) is 0 Å². The summed E-state index contributed by atoms with van der Waals surface area (Å²) >= 11 is 7.58. The van der Waals surface area contributed by atoms with Gasteiger partial charge in [0.15, 0.2) is 5.17 Å². The van der Waals surface area contributed by atoms with Crippen molar-refractivity contribution in [3.8, 4) is 0 Å². The number of carbonyl (C=O) groups excluding carboxylic acids is 1. The van der Waals surface area contributed by atoms with Crippen molar-refractivity contribution in [1.29, 1.82) is 0 Å². The highest BCUT2D eigenvalue weighted by molar-refractivity contribution is 8.13. The monoisotopic (exact) mass is 405 g/mol. The van der Waals surface area contributed by atoms with E-state index in [1.807, 2.05) is 25.1 Å². The van der Waals surface area contributed by atoms with Crippen LogP contribution in [0.2, 0.25) is 5.02 Å². The van der Waals surface area contributed by atoms with E-state index in [-0.39, 0.29) is 21.2 Å². The van der Waals surface area contributed by atoms with Gasteiger partial charge < -0.3 is 11.1 Å². The molecule has 0 aliphatic carbocycles. The number of carbonyl (C=O) groups is 1. The third-order valence-electron chi connectivity index (χ3n) is 4.35. The molecule has 27 heavy (non-hydrogen) atoms. The number of rotatable bonds is 4. The minimum atomic E-state index is -0.492. The van der Waals surface area contributed by atoms with Crippen molar-refractivity contribution in [2.24, 2.45) is 10.7 Å². The molecule has 7 nitrogen and oxygen atoms in total. The molecule has 2 aromatic rings. The Balaban J connectivity index is 1.87. The molecular weight excluding hydrogens is 388 g/mol. The summed E-state index contributed by atoms with van der Waals surface area (Å²) in [4.78, 5) is 27.9. The fraction of sp³-hybridized carbons (Fsp3) is 0.222. The Morgan fingerprint density at radius 1 is 1.37 bits per heavy atom. The lowest BCUT2D eigenvalue weighted by Gasteiger charge is -2.30. The van der Waals surface area contributed by atoms with Gasteiger partial charge in [-0.3, -0.25) is 9.79 Å². The van der Waals surface area contributed by atoms with E-state index in [0.717, 1.165) is 17.7 Å². The van der Waals surface area contributed by atoms with Crippen molar-refractivity contribution in [3.05, 3.63) is 63.5 Å². The van der Waals surface area contributed by atoms with Crippen molar-refractivity contribution in [2.75, 3.05) is 11.1 Å². The maximum atomic E-state index is 12.6. The third-order valence-corrected chi connectivity index (χ3v) is 5.48. The van der Waals surface area contributed by atoms with Crippen molar-refractivity contribution >= 4 is 45.8 Å². The number of nitrogens with one attached hydrogen (secondary N) is 1. The van der Waals surface area contributed by atoms with Crippen LogP contribution in [-0.4, -0.2) is 27.0 Å². The van der Waals surface area contributed by atoms with Gasteiger partial charge in [0, 0.05) is 23.6 Å². The second kappa shape index (κ2) is 7.58. The molecule has 2 aromatic carbocycles. The minimum Gasteiger partial charge on any atom is -0.379 e. The highest BCUT2D eigenvalue weighted by Crippen LogP contribution is 2.36. The van der Waals surface area contributed by atoms with E-state index < -0.39 is 11.4 Å². The van der Waals surface area contributed by atoms with E-state index >= 15 is 0 Å². The maximum Gasteiger partial charge on any atom is 0.317 e. The lowest BCUT2D eigenvalue weighted by atomic mass is 9.89. The molecule has 0 bridgehead atoms. The second-order valence-corrected chi connectivity index (χ2v) is 7.82. The number of halogens is 1. The molecule has 1 aliphatic rings. The summed E-state index contributed by atoms with van der Waals surface area (Å²) in [5.41, 5.74) is 6.92. The van der Waals surface area contributed by atoms with Crippen LogP contribution in [0.1, 0.15) is 29.3 Å². The van der Waals surface area contributed by atoms with Gasteiger partial charge in [-0.2, -0.15) is 0 Å². The Bertz CT molecular complexity index is 950. The zero-order chi connectivity index (χ0) is 19.6. The van der Waals surface area contributed by atoms with Crippen molar-refractivity contribution < 1.29 is 14.9 Å². The SMILES string of the molecule is CC1(c2cccc(NC(=O)c3cc([N+](=O)O)ccc3Cl)c2)CCSC(N)=N1. The van der Waals surface area contributed by atoms with Crippen LogP contribution in [-0.2, 0) is 5.54 Å². The van der Waals surface area contributed by atoms with Crippen LogP contribution >= 0.6 is 23.4 Å². The van der Waals surface area contributed by atoms with E-state index in [0.29, 0.717) is 10.9 Å². The molecule has 1 atom stereocenters. The molecule has 1 amide bonds. The first-order chi connectivity index (χ1) is 12.8. The van der Waals surface area contributed by atoms with E-state index in [9.17, 15) is 9.70 Å². The van der Waals surface area contributed by atoms with Crippen molar-refractivity contribution in [3.63, 3.8) is 0 Å². The summed E-state index contributed by atoms with van der Waals surface area (Å²) in [7, 11) is 0. The number of thioether (sulfide) groups is 1. The fourth-order valence-electron chi connectivity index (χ4n) is 2.83. The van der Waals surface area contributed by atoms with E-state index in [1.165, 1.54) is 30.0 Å². The molecule has 9 heteroatoms. The average molecular weight is 406 g/mol. The van der Waals surface area contributed by atoms with Gasteiger partial charge in [0.05, 0.1) is 21.0 Å². The van der Waals surface area contributed by atoms with Gasteiger partial charge >= 0.3 is 5.69 Å². The predicted molar refractivity (Wildman–Crippen MR) is 107 cm³/mol. The Labute approximate surface area is 165 Å². The van der Waals surface area contributed by atoms with Gasteiger partial charge in [-0.15, -0.1) is 0 Å². The number of hydrogen-bond donors (Lipinski definition) is 3. The Kier molecular flexibility index (Phi) is 5.38. The standard InChI is InChI=1S/C18H17ClN4O3S/c1-18(7-8-27-17(20)22-18)11-3-2-4-12(9-11)21-16(24)14-10-13(23(25)26)5-6-15(14)19/h2-6,9-10H,7-8H2,1H3,(H3-,20,21,22,24,25,26)/p+1. The predicted octanol–water partition coefficient (Wildman–Crippen LogP) is 4.06. The van der Waals surface area contributed by atoms with Gasteiger partial charge in [-0.25, -0.2) is 5.21 Å². The summed E-state index contributed by atoms with van der Waals surface area (Å²) < 4.78 is 0. The minimum absolute atomic E-state index is 0.0806. The zero-order valence-electron chi connectivity index (χ0n) is 14.5. The van der Waals surface area contributed by atoms with Crippen molar-refractivity contribution in [1.82, 2.24) is 0 Å². The molecule has 0 aromatic heterocycles. The lowest BCUT2D eigenvalue weighted by molar-refractivity contribution is -0.729. The summed E-state index contributed by atoms with van der Waals surface area (Å²) in [6, 6.07) is 11.3. The Morgan fingerprint density at radius 2 is 2.15 bits per heavy atom. The van der Waals surface area contributed by atoms with E-state index in [4.69, 9.17) is 22.5 Å². The van der Waals surface area contributed by atoms with Crippen LogP contribution in [0.3, 0.4) is 0 Å². The van der Waals surface area contributed by atoms with Crippen LogP contribution < -0.4 is 11.1 Å². The normalized spacial score (nSPS) is 19.3. The van der Waals surface area contributed by atoms with Crippen LogP contribution in [0.4, 0.5) is 11.4 Å². The molecule has 0 fully saturated rings. The largest absolute Gasteiger partial charge is 0.379 e. The second-order valence-electron chi connectivity index (χ2n) is 6.29. The average Bonchev–Trinajstić information content (AvgIpc) is 2.62. The van der Waals surface area contributed by atoms with Crippen LogP contribution in [0, 0.1) is 4.91 Å². The molecule has 0 saturated heterocycles. The summed E-state index contributed by atoms with van der Waals surface area (Å²) in [5, 5.41) is 12.5. The van der Waals surface area contributed by atoms with Gasteiger partial charge in [0.25, 0.3) is 10.8 Å². The van der Waals surface area contributed by atoms with Crippen LogP contribution in [0.5, 0.6) is 0 Å². The number of amidine groups is 1. The number of nitrogens with two attached hydrogens (primary N) is 1. The smallest absolute Gasteiger partial charge is 0.317 e. The van der Waals surface area contributed by atoms with E-state index in [1.54, 1.807) is 6.07 Å². The third kappa shape index (κ3) is 4.23. The summed E-state index contributed by atoms with van der Waals surface area (Å²) in [6.45, 7) is 2.00. The first-order valence-corrected chi connectivity index (χ1v) is 9.50. The number of anilines is 1. The molecule has 0 radical (unpaired) electrons. The first kappa shape index (κ1) is 19.2. The van der Waals surface area contributed by atoms with Crippen LogP contribution in [0.15, 0.2) is 47.5 Å². The Morgan fingerprint density at radius 3 is 2.85 bits per heavy atom. The number of hydrogen-bond acceptors (Lipinski definition) is 5. The molecule has 0 spiro atoms. The Hall–Kier alpha value is -2.58. The number of aliphatic imine (C=N–C) groups is 1. The molecule has 4 N–H and O–H groups in total. The van der Waals surface area contributed by atoms with Gasteiger partial charge in [-0.05, 0) is 37.1 Å². The number of amides is 1. The number of nitrogens with zero attached hydrogens (tertiary/aromatic N) is 2. The molecule has 1 unspecified atom stereocenters. The lowest BCUT2D eigenvalue weighted by Crippen LogP contribution is -2.28. The van der Waals surface area contributed by atoms with E-state index in [2.05, 4.69) is 10.3 Å². The maximum absolute atomic E-state index is 12.6. The molecule has 3 rings (SSSR count). The van der Waals surface area contributed by atoms with Gasteiger partial charge in [0.1, 0.15) is 0 Å². The zero-order valence-corrected chi connectivity index (χ0v) is 16.0. The van der Waals surface area contributed by atoms with Gasteiger partial charge in [-0.1, -0.05) is 35.5 Å². The molecule has 1 aliphatic heterocycles. The fourth-order valence-corrected chi connectivity index (χ4v) is 4.01. The van der Waals surface area contributed by atoms with Crippen molar-refractivity contribution in [2.45, 2.75) is 18.9 Å². The summed E-state index contributed by atoms with van der Waals surface area (Å²) in [6.07, 6.45) is 0.833. The molecule has 1 heterocycles. The topological polar surface area (TPSA) is 108 Å². The molecular formula is C18H18ClN4O3S+. The first-order valence-electron chi connectivity index (χ1n) is 8.14. The number of benzene rings is 2. The molecule has 140 valence electrons. The van der Waals surface area contributed by atoms with Gasteiger partial charge in [0.2, 0.25) is 0 Å². The molecule has 0 saturated carbocycles. The summed E-state index contributed by atoms with van der Waals surface area (Å²) in [5.74, 6) is 0.380. The quantitative estimate of drug-likeness (QED) is 0.665.